The second-order valence-corrected chi connectivity index (χ2v) is 4.61. The van der Waals surface area contributed by atoms with Crippen molar-refractivity contribution in [3.05, 3.63) is 0 Å². The summed E-state index contributed by atoms with van der Waals surface area (Å²) in [7, 11) is 0.120. The summed E-state index contributed by atoms with van der Waals surface area (Å²) in [5.41, 5.74) is 11.0. The van der Waals surface area contributed by atoms with Gasteiger partial charge in [-0.25, -0.2) is 0 Å². The molecule has 0 spiro atoms. The van der Waals surface area contributed by atoms with Gasteiger partial charge in [-0.2, -0.15) is 0 Å². The van der Waals surface area contributed by atoms with Crippen molar-refractivity contribution in [2.75, 3.05) is 0 Å². The van der Waals surface area contributed by atoms with Gasteiger partial charge < -0.3 is 0 Å². The van der Waals surface area contributed by atoms with Crippen molar-refractivity contribution < 1.29 is 0 Å². The largest absolute Gasteiger partial charge is 0.211 e. The molecule has 0 amide bonds. The molecule has 0 fully saturated rings. The Labute approximate surface area is 45.4 Å². The van der Waals surface area contributed by atoms with Crippen LogP contribution >= 0.6 is 0 Å². The van der Waals surface area contributed by atoms with Crippen molar-refractivity contribution in [3.8, 4) is 0 Å². The first-order valence-corrected chi connectivity index (χ1v) is 4.95. The first-order chi connectivity index (χ1) is 3.15. The van der Waals surface area contributed by atoms with Crippen LogP contribution in [0.3, 0.4) is 0 Å². The summed E-state index contributed by atoms with van der Waals surface area (Å²) in [5, 5.41) is 0. The third-order valence-electron chi connectivity index (χ3n) is 0. The van der Waals surface area contributed by atoms with E-state index in [0.29, 0.717) is 0 Å². The lowest BCUT2D eigenvalue weighted by Gasteiger charge is -1.75. The monoisotopic (exact) mass is 117 g/mol. The zero-order chi connectivity index (χ0) is 6.28. The Morgan fingerprint density at radius 1 is 1.14 bits per heavy atom. The number of nitrogens with zero attached hydrogens (tertiary/aromatic N) is 1. The zero-order valence-corrected chi connectivity index (χ0v) is 5.95. The first-order valence-electron chi connectivity index (χ1n) is 1.95. The summed E-state index contributed by atoms with van der Waals surface area (Å²) in [6.45, 7) is 6.81. The fourth-order valence-electron chi connectivity index (χ4n) is 0. The number of hydrogen-bond donors (Lipinski definition) is 2. The predicted molar refractivity (Wildman–Crippen MR) is 30.9 cm³/mol. The second-order valence-electron chi connectivity index (χ2n) is 1.61. The van der Waals surface area contributed by atoms with Gasteiger partial charge in [-0.1, -0.05) is 19.6 Å². The van der Waals surface area contributed by atoms with Gasteiger partial charge >= 0.3 is 0 Å². The summed E-state index contributed by atoms with van der Waals surface area (Å²) < 4.78 is 0. The van der Waals surface area contributed by atoms with E-state index in [1.807, 2.05) is 4.91 Å². The first kappa shape index (κ1) is 9.73. The fourth-order valence-corrected chi connectivity index (χ4v) is 0. The lowest BCUT2D eigenvalue weighted by atomic mass is 11.8. The van der Waals surface area contributed by atoms with Crippen LogP contribution in [0.15, 0.2) is 0 Å². The molecule has 0 aliphatic carbocycles. The van der Waals surface area contributed by atoms with Crippen LogP contribution in [0.2, 0.25) is 19.6 Å². The van der Waals surface area contributed by atoms with Crippen LogP contribution in [0, 0.1) is 11.1 Å². The van der Waals surface area contributed by atoms with Crippen molar-refractivity contribution in [3.63, 3.8) is 0 Å². The molecule has 0 aliphatic rings. The van der Waals surface area contributed by atoms with E-state index in [0.717, 1.165) is 0 Å². The van der Waals surface area contributed by atoms with Crippen LogP contribution in [0.25, 0.3) is 0 Å². The van der Waals surface area contributed by atoms with Gasteiger partial charge in [0.15, 0.2) is 0 Å². The molecule has 0 bridgehead atoms. The quantitative estimate of drug-likeness (QED) is 0.274. The molecule has 0 aromatic carbocycles. The van der Waals surface area contributed by atoms with Crippen LogP contribution in [0.5, 0.6) is 0 Å². The Morgan fingerprint density at radius 2 is 1.14 bits per heavy atom. The molecular formula is C3H11N3Si+. The Morgan fingerprint density at radius 3 is 1.14 bits per heavy atom. The van der Waals surface area contributed by atoms with E-state index in [1.165, 1.54) is 0 Å². The van der Waals surface area contributed by atoms with Crippen molar-refractivity contribution >= 4 is 8.80 Å². The van der Waals surface area contributed by atoms with Gasteiger partial charge in [0, 0.05) is 8.80 Å². The van der Waals surface area contributed by atoms with E-state index in [1.54, 1.807) is 0 Å². The lowest BCUT2D eigenvalue weighted by Crippen LogP contribution is -1.84. The number of rotatable bonds is 0. The Kier molecular flexibility index (Phi) is 12.7. The summed E-state index contributed by atoms with van der Waals surface area (Å²) >= 11 is 0. The molecule has 0 heterocycles. The fraction of sp³-hybridized carbons (Fsp3) is 1.00. The van der Waals surface area contributed by atoms with Crippen LogP contribution in [-0.4, -0.2) is 8.80 Å². The molecule has 0 saturated heterocycles. The third-order valence-corrected chi connectivity index (χ3v) is 0. The van der Waals surface area contributed by atoms with Gasteiger partial charge in [0.2, 0.25) is 4.91 Å². The predicted octanol–water partition coefficient (Wildman–Crippen LogP) is 1.49. The standard InChI is InChI=1S/C3H9Si.H2N3/c1-4(2)3;1-3-2/h1-3H3;1-2H/q;+1. The van der Waals surface area contributed by atoms with E-state index < -0.39 is 0 Å². The highest BCUT2D eigenvalue weighted by Gasteiger charge is 1.72. The van der Waals surface area contributed by atoms with Crippen LogP contribution in [-0.2, 0) is 0 Å². The average molecular weight is 117 g/mol. The smallest absolute Gasteiger partial charge is 0.0715 e. The van der Waals surface area contributed by atoms with Gasteiger partial charge in [-0.15, -0.1) is 0 Å². The maximum atomic E-state index is 5.50. The maximum absolute atomic E-state index is 5.50. The molecule has 0 rings (SSSR count). The van der Waals surface area contributed by atoms with Crippen molar-refractivity contribution in [1.82, 2.24) is 4.91 Å². The van der Waals surface area contributed by atoms with E-state index in [2.05, 4.69) is 19.6 Å². The molecule has 0 unspecified atom stereocenters. The topological polar surface area (TPSA) is 61.8 Å². The number of hydrogen-bond acceptors (Lipinski definition) is 2. The van der Waals surface area contributed by atoms with Crippen LogP contribution in [0.1, 0.15) is 0 Å². The van der Waals surface area contributed by atoms with Gasteiger partial charge in [-0.3, -0.25) is 0 Å². The summed E-state index contributed by atoms with van der Waals surface area (Å²) in [4.78, 5) is 2.00. The molecule has 2 N–H and O–H groups in total. The lowest BCUT2D eigenvalue weighted by molar-refractivity contribution is 0.928. The molecule has 0 saturated carbocycles. The minimum Gasteiger partial charge on any atom is -0.0715 e. The maximum Gasteiger partial charge on any atom is 0.211 e. The summed E-state index contributed by atoms with van der Waals surface area (Å²) in [5.74, 6) is 0. The highest BCUT2D eigenvalue weighted by atomic mass is 28.3. The SMILES string of the molecule is C[Si](C)C.N=[N+]=N. The Balaban J connectivity index is 0. The molecule has 4 heteroatoms. The van der Waals surface area contributed by atoms with Gasteiger partial charge in [0.25, 0.3) is 0 Å². The molecule has 7 heavy (non-hydrogen) atoms. The molecule has 1 radical (unpaired) electrons. The number of nitrogens with one attached hydrogen (secondary N) is 2. The van der Waals surface area contributed by atoms with E-state index in [4.69, 9.17) is 11.1 Å². The van der Waals surface area contributed by atoms with E-state index in [-0.39, 0.29) is 8.80 Å². The average Bonchev–Trinajstić information content (AvgIpc) is 1.33. The normalized spacial score (nSPS) is 6.29. The second kappa shape index (κ2) is 9.11. The van der Waals surface area contributed by atoms with Crippen LogP contribution in [0.4, 0.5) is 0 Å². The molecule has 3 nitrogen and oxygen atoms in total. The molecule has 0 aromatic heterocycles. The Hall–Kier alpha value is -0.473. The van der Waals surface area contributed by atoms with Crippen molar-refractivity contribution in [2.24, 2.45) is 0 Å². The summed E-state index contributed by atoms with van der Waals surface area (Å²) in [6.07, 6.45) is 0. The van der Waals surface area contributed by atoms with Gasteiger partial charge in [-0.05, 0) is 0 Å². The zero-order valence-electron chi connectivity index (χ0n) is 4.95. The van der Waals surface area contributed by atoms with Crippen molar-refractivity contribution in [1.29, 1.82) is 11.1 Å². The third kappa shape index (κ3) is 307. The Bertz CT molecular complexity index is 52.4. The molecular weight excluding hydrogens is 106 g/mol. The van der Waals surface area contributed by atoms with Crippen molar-refractivity contribution in [2.45, 2.75) is 19.6 Å². The van der Waals surface area contributed by atoms with Gasteiger partial charge in [0.1, 0.15) is 11.1 Å². The molecule has 0 atom stereocenters. The highest BCUT2D eigenvalue weighted by molar-refractivity contribution is 6.54. The van der Waals surface area contributed by atoms with E-state index in [9.17, 15) is 0 Å². The minimum absolute atomic E-state index is 0.120. The highest BCUT2D eigenvalue weighted by Crippen LogP contribution is 1.68. The van der Waals surface area contributed by atoms with E-state index >= 15 is 0 Å². The molecule has 41 valence electrons. The van der Waals surface area contributed by atoms with Gasteiger partial charge in [0.05, 0.1) is 0 Å². The molecule has 0 aromatic rings. The molecule has 0 aliphatic heterocycles. The van der Waals surface area contributed by atoms with Crippen LogP contribution < -0.4 is 4.91 Å². The minimum atomic E-state index is 0.120. The summed E-state index contributed by atoms with van der Waals surface area (Å²) in [6, 6.07) is 0.